The van der Waals surface area contributed by atoms with Gasteiger partial charge in [0.25, 0.3) is 5.56 Å². The molecule has 2 aliphatic heterocycles. The highest BCUT2D eigenvalue weighted by Gasteiger charge is 2.37. The Morgan fingerprint density at radius 2 is 2.00 bits per heavy atom. The van der Waals surface area contributed by atoms with E-state index in [0.717, 1.165) is 11.0 Å². The Bertz CT molecular complexity index is 633. The van der Waals surface area contributed by atoms with Crippen LogP contribution in [0.25, 0.3) is 0 Å². The summed E-state index contributed by atoms with van der Waals surface area (Å²) in [5.41, 5.74) is -1.87. The fourth-order valence-corrected chi connectivity index (χ4v) is 3.06. The van der Waals surface area contributed by atoms with Crippen LogP contribution in [0.1, 0.15) is 51.7 Å². The second-order valence-electron chi connectivity index (χ2n) is 5.80. The van der Waals surface area contributed by atoms with Crippen LogP contribution in [-0.2, 0) is 18.3 Å². The molecular formula is C15H23FN2O3. The number of halogens is 1. The molecular weight excluding hydrogens is 275 g/mol. The molecule has 6 heteroatoms. The van der Waals surface area contributed by atoms with Gasteiger partial charge in [0.1, 0.15) is 5.67 Å². The van der Waals surface area contributed by atoms with Crippen molar-refractivity contribution in [3.05, 3.63) is 32.6 Å². The van der Waals surface area contributed by atoms with E-state index in [-0.39, 0.29) is 30.7 Å². The van der Waals surface area contributed by atoms with Gasteiger partial charge in [-0.25, -0.2) is 9.18 Å². The molecule has 0 amide bonds. The summed E-state index contributed by atoms with van der Waals surface area (Å²) in [6, 6.07) is 0. The molecule has 0 N–H and O–H groups in total. The molecule has 0 aliphatic carbocycles. The molecule has 118 valence electrons. The molecule has 0 saturated carbocycles. The summed E-state index contributed by atoms with van der Waals surface area (Å²) in [5.74, 6) is 0. The van der Waals surface area contributed by atoms with Crippen molar-refractivity contribution >= 4 is 0 Å². The summed E-state index contributed by atoms with van der Waals surface area (Å²) < 4.78 is 22.6. The Morgan fingerprint density at radius 3 is 2.67 bits per heavy atom. The van der Waals surface area contributed by atoms with E-state index in [1.807, 2.05) is 13.8 Å². The summed E-state index contributed by atoms with van der Waals surface area (Å²) in [6.07, 6.45) is 2.70. The number of hydrogen-bond donors (Lipinski definition) is 0. The summed E-state index contributed by atoms with van der Waals surface area (Å²) >= 11 is 0. The molecule has 5 nitrogen and oxygen atoms in total. The van der Waals surface area contributed by atoms with E-state index in [9.17, 15) is 14.0 Å². The van der Waals surface area contributed by atoms with Gasteiger partial charge in [0.2, 0.25) is 0 Å². The largest absolute Gasteiger partial charge is 0.370 e. The van der Waals surface area contributed by atoms with Crippen molar-refractivity contribution < 1.29 is 9.13 Å². The van der Waals surface area contributed by atoms with Crippen molar-refractivity contribution in [2.45, 2.75) is 64.5 Å². The molecule has 0 radical (unpaired) electrons. The van der Waals surface area contributed by atoms with Crippen LogP contribution < -0.4 is 11.2 Å². The zero-order chi connectivity index (χ0) is 15.8. The number of fused-ring (bicyclic) bond motifs is 5. The number of alkyl halides is 1. The predicted octanol–water partition coefficient (Wildman–Crippen LogP) is 1.93. The van der Waals surface area contributed by atoms with Gasteiger partial charge >= 0.3 is 5.69 Å². The third-order valence-corrected chi connectivity index (χ3v) is 3.99. The molecule has 1 aromatic rings. The van der Waals surface area contributed by atoms with Gasteiger partial charge in [0, 0.05) is 19.7 Å². The molecule has 4 bridgehead atoms. The Hall–Kier alpha value is -1.43. The highest BCUT2D eigenvalue weighted by molar-refractivity contribution is 5.12. The maximum atomic E-state index is 14.5. The summed E-state index contributed by atoms with van der Waals surface area (Å²) in [4.78, 5) is 24.1. The van der Waals surface area contributed by atoms with Crippen molar-refractivity contribution in [3.8, 4) is 0 Å². The number of ether oxygens (including phenoxy) is 1. The minimum atomic E-state index is -1.51. The van der Waals surface area contributed by atoms with Crippen LogP contribution in [0.5, 0.6) is 0 Å². The van der Waals surface area contributed by atoms with Gasteiger partial charge in [-0.3, -0.25) is 13.9 Å². The highest BCUT2D eigenvalue weighted by atomic mass is 19.1. The Kier molecular flexibility index (Phi) is 4.37. The maximum absolute atomic E-state index is 14.5. The van der Waals surface area contributed by atoms with E-state index in [0.29, 0.717) is 12.0 Å². The van der Waals surface area contributed by atoms with E-state index in [1.165, 1.54) is 24.7 Å². The first-order valence-corrected chi connectivity index (χ1v) is 7.52. The normalized spacial score (nSPS) is 30.7. The quantitative estimate of drug-likeness (QED) is 0.735. The van der Waals surface area contributed by atoms with Gasteiger partial charge in [0.05, 0.1) is 24.3 Å². The van der Waals surface area contributed by atoms with Crippen LogP contribution in [0.4, 0.5) is 4.39 Å². The first-order chi connectivity index (χ1) is 9.87. The summed E-state index contributed by atoms with van der Waals surface area (Å²) in [6.45, 7) is 5.44. The minimum absolute atomic E-state index is 0.0421. The summed E-state index contributed by atoms with van der Waals surface area (Å²) in [5, 5.41) is 0. The van der Waals surface area contributed by atoms with Crippen LogP contribution in [0.3, 0.4) is 0 Å². The van der Waals surface area contributed by atoms with Gasteiger partial charge in [-0.15, -0.1) is 0 Å². The monoisotopic (exact) mass is 298 g/mol. The smallest absolute Gasteiger partial charge is 0.330 e. The predicted molar refractivity (Wildman–Crippen MR) is 78.3 cm³/mol. The van der Waals surface area contributed by atoms with E-state index in [2.05, 4.69) is 0 Å². The Labute approximate surface area is 123 Å². The van der Waals surface area contributed by atoms with Gasteiger partial charge in [0.15, 0.2) is 0 Å². The highest BCUT2D eigenvalue weighted by Crippen LogP contribution is 2.37. The average molecular weight is 298 g/mol. The van der Waals surface area contributed by atoms with Gasteiger partial charge in [-0.1, -0.05) is 13.8 Å². The number of hydrogen-bond acceptors (Lipinski definition) is 3. The Morgan fingerprint density at radius 1 is 1.33 bits per heavy atom. The number of aromatic nitrogens is 2. The van der Waals surface area contributed by atoms with Crippen molar-refractivity contribution in [1.82, 2.24) is 9.13 Å². The van der Waals surface area contributed by atoms with Crippen LogP contribution in [0.15, 0.2) is 15.8 Å². The first kappa shape index (κ1) is 15.9. The molecule has 0 spiro atoms. The molecule has 1 fully saturated rings. The molecule has 1 saturated heterocycles. The molecule has 3 heterocycles. The number of rotatable bonds is 0. The zero-order valence-electron chi connectivity index (χ0n) is 13.1. The average Bonchev–Trinajstić information content (AvgIpc) is 2.89. The molecule has 3 atom stereocenters. The summed E-state index contributed by atoms with van der Waals surface area (Å²) in [7, 11) is 1.42. The van der Waals surface area contributed by atoms with E-state index >= 15 is 0 Å². The lowest BCUT2D eigenvalue weighted by molar-refractivity contribution is 0.00451. The fourth-order valence-electron chi connectivity index (χ4n) is 3.06. The third-order valence-electron chi connectivity index (χ3n) is 3.99. The molecule has 3 rings (SSSR count). The lowest BCUT2D eigenvalue weighted by Gasteiger charge is -2.23. The second-order valence-corrected chi connectivity index (χ2v) is 5.80. The van der Waals surface area contributed by atoms with Crippen LogP contribution >= 0.6 is 0 Å². The van der Waals surface area contributed by atoms with Crippen molar-refractivity contribution in [1.29, 1.82) is 0 Å². The van der Waals surface area contributed by atoms with Crippen LogP contribution in [0, 0.1) is 0 Å². The molecule has 1 aromatic heterocycles. The minimum Gasteiger partial charge on any atom is -0.370 e. The molecule has 2 unspecified atom stereocenters. The van der Waals surface area contributed by atoms with Crippen LogP contribution in [-0.4, -0.2) is 20.9 Å². The maximum Gasteiger partial charge on any atom is 0.330 e. The van der Waals surface area contributed by atoms with Gasteiger partial charge in [-0.2, -0.15) is 0 Å². The molecule has 0 aromatic carbocycles. The fraction of sp³-hybridized carbons (Fsp3) is 0.733. The SMILES string of the molecule is CC.Cn1c(=O)c2cn(c1=O)CC(C)(F)CC1CC[C@H]2O1. The van der Waals surface area contributed by atoms with Crippen molar-refractivity contribution in [3.63, 3.8) is 0 Å². The van der Waals surface area contributed by atoms with E-state index in [4.69, 9.17) is 4.74 Å². The lowest BCUT2D eigenvalue weighted by Crippen LogP contribution is -2.42. The van der Waals surface area contributed by atoms with E-state index < -0.39 is 11.4 Å². The van der Waals surface area contributed by atoms with Gasteiger partial charge in [-0.05, 0) is 19.8 Å². The van der Waals surface area contributed by atoms with Crippen LogP contribution in [0.2, 0.25) is 0 Å². The Balaban J connectivity index is 0.000000774. The molecule has 21 heavy (non-hydrogen) atoms. The lowest BCUT2D eigenvalue weighted by atomic mass is 9.97. The van der Waals surface area contributed by atoms with Crippen molar-refractivity contribution in [2.75, 3.05) is 0 Å². The van der Waals surface area contributed by atoms with Gasteiger partial charge < -0.3 is 4.74 Å². The van der Waals surface area contributed by atoms with Crippen molar-refractivity contribution in [2.24, 2.45) is 7.05 Å². The first-order valence-electron chi connectivity index (χ1n) is 7.52. The van der Waals surface area contributed by atoms with E-state index in [1.54, 1.807) is 0 Å². The second kappa shape index (κ2) is 5.75. The number of nitrogens with zero attached hydrogens (tertiary/aromatic N) is 2. The topological polar surface area (TPSA) is 53.2 Å². The zero-order valence-corrected chi connectivity index (χ0v) is 13.1. The standard InChI is InChI=1S/C13H17FN2O3.C2H6/c1-13(14)5-8-3-4-10(19-8)9-6-16(7-13)12(18)15(2)11(9)17;1-2/h6,8,10H,3-5,7H2,1-2H3;1-2H3/t8?,10-,13?;/m1./s1. The third kappa shape index (κ3) is 2.95. The molecule has 2 aliphatic rings.